The Kier molecular flexibility index (Phi) is 4.77. The molecule has 0 radical (unpaired) electrons. The van der Waals surface area contributed by atoms with Gasteiger partial charge >= 0.3 is 5.97 Å². The maximum absolute atomic E-state index is 11.8. The van der Waals surface area contributed by atoms with E-state index in [1.165, 1.54) is 64.2 Å². The molecule has 0 aliphatic heterocycles. The lowest BCUT2D eigenvalue weighted by atomic mass is 9.36. The van der Waals surface area contributed by atoms with E-state index in [4.69, 9.17) is 10.5 Å². The molecule has 3 heteroatoms. The van der Waals surface area contributed by atoms with Crippen LogP contribution in [0.15, 0.2) is 0 Å². The molecule has 0 saturated heterocycles. The summed E-state index contributed by atoms with van der Waals surface area (Å²) in [5.41, 5.74) is 8.05. The molecular weight excluding hydrogens is 370 g/mol. The molecule has 170 valence electrons. The van der Waals surface area contributed by atoms with Crippen molar-refractivity contribution in [2.75, 3.05) is 0 Å². The number of fused-ring (bicyclic) bond motifs is 7. The van der Waals surface area contributed by atoms with Gasteiger partial charge < -0.3 is 10.5 Å². The van der Waals surface area contributed by atoms with Crippen molar-refractivity contribution in [1.82, 2.24) is 0 Å². The fourth-order valence-corrected chi connectivity index (χ4v) is 10.7. The van der Waals surface area contributed by atoms with Crippen molar-refractivity contribution in [3.8, 4) is 0 Å². The van der Waals surface area contributed by atoms with Crippen LogP contribution in [0.3, 0.4) is 0 Å². The first kappa shape index (κ1) is 21.3. The van der Waals surface area contributed by atoms with Gasteiger partial charge in [0, 0.05) is 17.9 Å². The molecule has 9 atom stereocenters. The Hall–Kier alpha value is -0.570. The second-order valence-electron chi connectivity index (χ2n) is 13.2. The summed E-state index contributed by atoms with van der Waals surface area (Å²) in [7, 11) is 0. The maximum Gasteiger partial charge on any atom is 0.302 e. The molecule has 0 aromatic heterocycles. The number of esters is 1. The summed E-state index contributed by atoms with van der Waals surface area (Å²) < 4.78 is 5.85. The van der Waals surface area contributed by atoms with Crippen LogP contribution in [0.25, 0.3) is 0 Å². The predicted molar refractivity (Wildman–Crippen MR) is 121 cm³/mol. The van der Waals surface area contributed by atoms with E-state index < -0.39 is 0 Å². The van der Waals surface area contributed by atoms with Gasteiger partial charge in [-0.05, 0) is 105 Å². The van der Waals surface area contributed by atoms with Crippen molar-refractivity contribution in [2.45, 2.75) is 117 Å². The summed E-state index contributed by atoms with van der Waals surface area (Å²) in [6, 6.07) is 0. The molecule has 3 nitrogen and oxygen atoms in total. The number of carbonyl (C=O) groups is 1. The van der Waals surface area contributed by atoms with E-state index in [0.717, 1.165) is 30.1 Å². The minimum atomic E-state index is -0.109. The van der Waals surface area contributed by atoms with Crippen LogP contribution < -0.4 is 5.73 Å². The van der Waals surface area contributed by atoms with Crippen molar-refractivity contribution >= 4 is 5.97 Å². The molecule has 0 aromatic rings. The van der Waals surface area contributed by atoms with E-state index in [1.54, 1.807) is 6.92 Å². The Labute approximate surface area is 184 Å². The van der Waals surface area contributed by atoms with E-state index in [2.05, 4.69) is 27.7 Å². The van der Waals surface area contributed by atoms with E-state index in [0.29, 0.717) is 16.7 Å². The third-order valence-electron chi connectivity index (χ3n) is 11.8. The molecule has 9 unspecified atom stereocenters. The molecule has 5 aliphatic carbocycles. The van der Waals surface area contributed by atoms with Crippen molar-refractivity contribution in [2.24, 2.45) is 51.6 Å². The first-order valence-electron chi connectivity index (χ1n) is 13.0. The van der Waals surface area contributed by atoms with Crippen molar-refractivity contribution in [3.63, 3.8) is 0 Å². The largest absolute Gasteiger partial charge is 0.462 e. The quantitative estimate of drug-likeness (QED) is 0.527. The number of hydrogen-bond acceptors (Lipinski definition) is 3. The number of rotatable bonds is 1. The highest BCUT2D eigenvalue weighted by molar-refractivity contribution is 5.66. The smallest absolute Gasteiger partial charge is 0.302 e. The van der Waals surface area contributed by atoms with Gasteiger partial charge in [0.1, 0.15) is 6.10 Å². The topological polar surface area (TPSA) is 52.3 Å². The maximum atomic E-state index is 11.8. The molecule has 0 bridgehead atoms. The average molecular weight is 416 g/mol. The Balaban J connectivity index is 1.44. The van der Waals surface area contributed by atoms with Crippen LogP contribution in [0, 0.1) is 45.8 Å². The number of hydrogen-bond donors (Lipinski definition) is 1. The van der Waals surface area contributed by atoms with E-state index in [-0.39, 0.29) is 23.0 Å². The van der Waals surface area contributed by atoms with Crippen LogP contribution in [-0.4, -0.2) is 17.6 Å². The fourth-order valence-electron chi connectivity index (χ4n) is 10.7. The van der Waals surface area contributed by atoms with Gasteiger partial charge in [-0.1, -0.05) is 34.1 Å². The summed E-state index contributed by atoms with van der Waals surface area (Å²) in [5, 5.41) is 0. The van der Waals surface area contributed by atoms with E-state index >= 15 is 0 Å². The lowest BCUT2D eigenvalue weighted by molar-refractivity contribution is -0.218. The standard InChI is InChI=1S/C27H45NO2/c1-17(29)30-23-12-15-26(5)21(24(23,2)3)11-14-25(4)19-10-16-27(28)13-6-7-20(27)18(19)8-9-22(25)26/h18-23H,6-16,28H2,1-5H3. The zero-order chi connectivity index (χ0) is 21.5. The third kappa shape index (κ3) is 2.75. The number of nitrogens with two attached hydrogens (primary N) is 1. The highest BCUT2D eigenvalue weighted by Crippen LogP contribution is 2.72. The van der Waals surface area contributed by atoms with Gasteiger partial charge in [-0.15, -0.1) is 0 Å². The van der Waals surface area contributed by atoms with Crippen LogP contribution in [-0.2, 0) is 9.53 Å². The lowest BCUT2D eigenvalue weighted by Crippen LogP contribution is -2.64. The molecule has 5 fully saturated rings. The zero-order valence-electron chi connectivity index (χ0n) is 20.1. The van der Waals surface area contributed by atoms with E-state index in [9.17, 15) is 4.79 Å². The first-order valence-corrected chi connectivity index (χ1v) is 13.0. The van der Waals surface area contributed by atoms with Gasteiger partial charge in [-0.25, -0.2) is 0 Å². The molecule has 0 amide bonds. The van der Waals surface area contributed by atoms with Crippen molar-refractivity contribution in [3.05, 3.63) is 0 Å². The van der Waals surface area contributed by atoms with Gasteiger partial charge in [0.25, 0.3) is 0 Å². The van der Waals surface area contributed by atoms with Gasteiger partial charge in [-0.2, -0.15) is 0 Å². The van der Waals surface area contributed by atoms with Crippen LogP contribution >= 0.6 is 0 Å². The normalized spacial score (nSPS) is 54.3. The van der Waals surface area contributed by atoms with Gasteiger partial charge in [0.15, 0.2) is 0 Å². The summed E-state index contributed by atoms with van der Waals surface area (Å²) in [4.78, 5) is 11.8. The van der Waals surface area contributed by atoms with Crippen LogP contribution in [0.4, 0.5) is 0 Å². The molecule has 0 spiro atoms. The first-order chi connectivity index (χ1) is 14.0. The van der Waals surface area contributed by atoms with Crippen LogP contribution in [0.1, 0.15) is 105 Å². The predicted octanol–water partition coefficient (Wildman–Crippen LogP) is 6.09. The molecule has 0 heterocycles. The zero-order valence-corrected chi connectivity index (χ0v) is 20.1. The molecule has 2 N–H and O–H groups in total. The Bertz CT molecular complexity index is 718. The molecule has 5 aliphatic rings. The Morgan fingerprint density at radius 2 is 1.53 bits per heavy atom. The lowest BCUT2D eigenvalue weighted by Gasteiger charge is -2.69. The second-order valence-corrected chi connectivity index (χ2v) is 13.2. The highest BCUT2D eigenvalue weighted by Gasteiger charge is 2.66. The average Bonchev–Trinajstić information content (AvgIpc) is 3.05. The highest BCUT2D eigenvalue weighted by atomic mass is 16.5. The monoisotopic (exact) mass is 415 g/mol. The SMILES string of the molecule is CC(=O)OC1CCC2(C)C(CCC3(C)C4CCC5(N)CCCC5C4CCC32)C1(C)C. The molecule has 5 saturated carbocycles. The van der Waals surface area contributed by atoms with Gasteiger partial charge in [0.2, 0.25) is 0 Å². The molecule has 30 heavy (non-hydrogen) atoms. The third-order valence-corrected chi connectivity index (χ3v) is 11.8. The van der Waals surface area contributed by atoms with Gasteiger partial charge in [0.05, 0.1) is 0 Å². The fraction of sp³-hybridized carbons (Fsp3) is 0.963. The van der Waals surface area contributed by atoms with Crippen molar-refractivity contribution < 1.29 is 9.53 Å². The summed E-state index contributed by atoms with van der Waals surface area (Å²) >= 11 is 0. The Morgan fingerprint density at radius 1 is 0.800 bits per heavy atom. The number of carbonyl (C=O) groups excluding carboxylic acids is 1. The molecule has 0 aromatic carbocycles. The molecular formula is C27H45NO2. The van der Waals surface area contributed by atoms with E-state index in [1.807, 2.05) is 0 Å². The van der Waals surface area contributed by atoms with Crippen molar-refractivity contribution in [1.29, 1.82) is 0 Å². The summed E-state index contributed by atoms with van der Waals surface area (Å²) in [6.45, 7) is 11.7. The molecule has 5 rings (SSSR count). The Morgan fingerprint density at radius 3 is 2.27 bits per heavy atom. The van der Waals surface area contributed by atoms with Crippen LogP contribution in [0.2, 0.25) is 0 Å². The second kappa shape index (κ2) is 6.72. The number of ether oxygens (including phenoxy) is 1. The summed E-state index contributed by atoms with van der Waals surface area (Å²) in [6.07, 6.45) is 14.4. The minimum absolute atomic E-state index is 0.0707. The minimum Gasteiger partial charge on any atom is -0.462 e. The summed E-state index contributed by atoms with van der Waals surface area (Å²) in [5.74, 6) is 3.90. The van der Waals surface area contributed by atoms with Gasteiger partial charge in [-0.3, -0.25) is 4.79 Å². The van der Waals surface area contributed by atoms with Crippen LogP contribution in [0.5, 0.6) is 0 Å².